The average molecular weight is 386 g/mol. The van der Waals surface area contributed by atoms with Crippen LogP contribution in [0.3, 0.4) is 0 Å². The lowest BCUT2D eigenvalue weighted by molar-refractivity contribution is -0.127. The van der Waals surface area contributed by atoms with Crippen molar-refractivity contribution in [1.29, 1.82) is 0 Å². The van der Waals surface area contributed by atoms with Crippen molar-refractivity contribution in [2.45, 2.75) is 58.4 Å². The quantitative estimate of drug-likeness (QED) is 0.721. The number of carbonyl (C=O) groups is 2. The van der Waals surface area contributed by atoms with Crippen LogP contribution in [0.15, 0.2) is 18.2 Å². The van der Waals surface area contributed by atoms with Crippen molar-refractivity contribution >= 4 is 11.7 Å². The summed E-state index contributed by atoms with van der Waals surface area (Å²) in [5.41, 5.74) is 0.705. The predicted octanol–water partition coefficient (Wildman–Crippen LogP) is 4.00. The molecule has 0 heterocycles. The molecule has 4 saturated carbocycles. The molecule has 0 unspecified atom stereocenters. The summed E-state index contributed by atoms with van der Waals surface area (Å²) in [7, 11) is 1.55. The van der Waals surface area contributed by atoms with Gasteiger partial charge >= 0.3 is 0 Å². The van der Waals surface area contributed by atoms with Crippen LogP contribution in [0.4, 0.5) is 0 Å². The van der Waals surface area contributed by atoms with Crippen LogP contribution in [0.25, 0.3) is 0 Å². The first kappa shape index (κ1) is 19.3. The Morgan fingerprint density at radius 3 is 2.29 bits per heavy atom. The van der Waals surface area contributed by atoms with E-state index < -0.39 is 0 Å². The summed E-state index contributed by atoms with van der Waals surface area (Å²) in [6.07, 6.45) is 7.97. The van der Waals surface area contributed by atoms with Gasteiger partial charge in [-0.05, 0) is 93.7 Å². The lowest BCUT2D eigenvalue weighted by atomic mass is 9.48. The van der Waals surface area contributed by atoms with Gasteiger partial charge in [0.1, 0.15) is 11.5 Å². The Hall–Kier alpha value is -2.04. The van der Waals surface area contributed by atoms with E-state index in [0.717, 1.165) is 17.8 Å². The van der Waals surface area contributed by atoms with Crippen molar-refractivity contribution in [3.05, 3.63) is 23.8 Å². The molecule has 0 radical (unpaired) electrons. The van der Waals surface area contributed by atoms with Crippen molar-refractivity contribution in [3.8, 4) is 11.5 Å². The minimum absolute atomic E-state index is 0.0800. The summed E-state index contributed by atoms with van der Waals surface area (Å²) >= 11 is 0. The number of carbonyl (C=O) groups excluding carboxylic acids is 2. The number of rotatable bonds is 7. The van der Waals surface area contributed by atoms with Gasteiger partial charge < -0.3 is 14.8 Å². The molecular weight excluding hydrogens is 354 g/mol. The van der Waals surface area contributed by atoms with Crippen LogP contribution in [0, 0.1) is 23.2 Å². The molecule has 0 aromatic heterocycles. The highest BCUT2D eigenvalue weighted by molar-refractivity contribution is 5.97. The van der Waals surface area contributed by atoms with Gasteiger partial charge in [-0.1, -0.05) is 0 Å². The zero-order valence-corrected chi connectivity index (χ0v) is 17.1. The van der Waals surface area contributed by atoms with Crippen LogP contribution in [-0.4, -0.2) is 31.4 Å². The Kier molecular flexibility index (Phi) is 5.11. The van der Waals surface area contributed by atoms with E-state index in [2.05, 4.69) is 12.2 Å². The molecule has 1 aromatic rings. The maximum atomic E-state index is 12.6. The van der Waals surface area contributed by atoms with Crippen molar-refractivity contribution in [3.63, 3.8) is 0 Å². The number of ketones is 1. The van der Waals surface area contributed by atoms with E-state index in [1.54, 1.807) is 25.3 Å². The second-order valence-corrected chi connectivity index (χ2v) is 9.28. The molecule has 4 aliphatic rings. The number of methoxy groups -OCH3 is 1. The minimum atomic E-state index is -0.117. The second kappa shape index (κ2) is 7.41. The fourth-order valence-corrected chi connectivity index (χ4v) is 6.32. The molecule has 0 aliphatic heterocycles. The van der Waals surface area contributed by atoms with E-state index in [9.17, 15) is 9.59 Å². The summed E-state index contributed by atoms with van der Waals surface area (Å²) in [5, 5.41) is 3.20. The Morgan fingerprint density at radius 2 is 1.75 bits per heavy atom. The lowest BCUT2D eigenvalue weighted by Crippen LogP contribution is -2.56. The Morgan fingerprint density at radius 1 is 1.14 bits per heavy atom. The molecule has 4 bridgehead atoms. The summed E-state index contributed by atoms with van der Waals surface area (Å²) in [4.78, 5) is 24.5. The monoisotopic (exact) mass is 385 g/mol. The van der Waals surface area contributed by atoms with Crippen LogP contribution < -0.4 is 14.8 Å². The number of nitrogens with one attached hydrogen (secondary N) is 1. The van der Waals surface area contributed by atoms with E-state index in [0.29, 0.717) is 17.1 Å². The van der Waals surface area contributed by atoms with Crippen LogP contribution in [0.2, 0.25) is 0 Å². The van der Waals surface area contributed by atoms with Gasteiger partial charge in [0.2, 0.25) is 0 Å². The highest BCUT2D eigenvalue weighted by Gasteiger charge is 2.53. The standard InChI is InChI=1S/C23H31NO4/c1-14(25)20-9-19(27-3)4-5-21(20)28-13-22(26)24-15(2)23-10-16-6-17(11-23)8-18(7-16)12-23/h4-5,9,15-18H,6-8,10-13H2,1-3H3,(H,24,26)/t15-,16?,17?,18?,23?/m0/s1. The van der Waals surface area contributed by atoms with Gasteiger partial charge in [-0.15, -0.1) is 0 Å². The topological polar surface area (TPSA) is 64.6 Å². The largest absolute Gasteiger partial charge is 0.497 e. The predicted molar refractivity (Wildman–Crippen MR) is 107 cm³/mol. The van der Waals surface area contributed by atoms with Crippen LogP contribution in [0.1, 0.15) is 62.7 Å². The third-order valence-corrected chi connectivity index (χ3v) is 7.31. The zero-order valence-electron chi connectivity index (χ0n) is 17.1. The highest BCUT2D eigenvalue weighted by atomic mass is 16.5. The molecule has 4 aliphatic carbocycles. The van der Waals surface area contributed by atoms with Gasteiger partial charge in [-0.25, -0.2) is 0 Å². The maximum absolute atomic E-state index is 12.6. The van der Waals surface area contributed by atoms with Gasteiger partial charge in [-0.2, -0.15) is 0 Å². The van der Waals surface area contributed by atoms with E-state index in [4.69, 9.17) is 9.47 Å². The molecule has 5 heteroatoms. The highest BCUT2D eigenvalue weighted by Crippen LogP contribution is 2.61. The molecule has 152 valence electrons. The molecule has 5 nitrogen and oxygen atoms in total. The SMILES string of the molecule is COc1ccc(OCC(=O)N[C@@H](C)C23CC4CC(CC(C4)C2)C3)c(C(C)=O)c1. The molecule has 0 spiro atoms. The first-order valence-corrected chi connectivity index (χ1v) is 10.5. The van der Waals surface area contributed by atoms with E-state index in [-0.39, 0.29) is 29.8 Å². The smallest absolute Gasteiger partial charge is 0.258 e. The van der Waals surface area contributed by atoms with Crippen molar-refractivity contribution in [2.75, 3.05) is 13.7 Å². The molecule has 1 atom stereocenters. The van der Waals surface area contributed by atoms with Gasteiger partial charge in [0.15, 0.2) is 12.4 Å². The Balaban J connectivity index is 1.37. The molecule has 1 N–H and O–H groups in total. The third-order valence-electron chi connectivity index (χ3n) is 7.31. The molecule has 5 rings (SSSR count). The van der Waals surface area contributed by atoms with E-state index >= 15 is 0 Å². The minimum Gasteiger partial charge on any atom is -0.497 e. The maximum Gasteiger partial charge on any atom is 0.258 e. The van der Waals surface area contributed by atoms with E-state index in [1.165, 1.54) is 45.4 Å². The van der Waals surface area contributed by atoms with Crippen molar-refractivity contribution in [2.24, 2.45) is 23.2 Å². The van der Waals surface area contributed by atoms with Crippen molar-refractivity contribution in [1.82, 2.24) is 5.32 Å². The number of hydrogen-bond donors (Lipinski definition) is 1. The Bertz CT molecular complexity index is 737. The van der Waals surface area contributed by atoms with E-state index in [1.807, 2.05) is 0 Å². The molecular formula is C23H31NO4. The molecule has 0 saturated heterocycles. The van der Waals surface area contributed by atoms with Gasteiger partial charge in [-0.3, -0.25) is 9.59 Å². The summed E-state index contributed by atoms with van der Waals surface area (Å²) in [6, 6.07) is 5.23. The first-order chi connectivity index (χ1) is 13.4. The number of ether oxygens (including phenoxy) is 2. The molecule has 1 aromatic carbocycles. The van der Waals surface area contributed by atoms with Crippen LogP contribution >= 0.6 is 0 Å². The van der Waals surface area contributed by atoms with Gasteiger partial charge in [0.25, 0.3) is 5.91 Å². The fraction of sp³-hybridized carbons (Fsp3) is 0.652. The fourth-order valence-electron chi connectivity index (χ4n) is 6.32. The summed E-state index contributed by atoms with van der Waals surface area (Å²) in [6.45, 7) is 3.57. The van der Waals surface area contributed by atoms with Gasteiger partial charge in [0, 0.05) is 6.04 Å². The first-order valence-electron chi connectivity index (χ1n) is 10.5. The second-order valence-electron chi connectivity index (χ2n) is 9.28. The molecule has 4 fully saturated rings. The normalized spacial score (nSPS) is 31.3. The van der Waals surface area contributed by atoms with Crippen LogP contribution in [-0.2, 0) is 4.79 Å². The number of hydrogen-bond acceptors (Lipinski definition) is 4. The zero-order chi connectivity index (χ0) is 19.9. The summed E-state index contributed by atoms with van der Waals surface area (Å²) < 4.78 is 10.9. The molecule has 1 amide bonds. The van der Waals surface area contributed by atoms with Crippen LogP contribution in [0.5, 0.6) is 11.5 Å². The van der Waals surface area contributed by atoms with Gasteiger partial charge in [0.05, 0.1) is 12.7 Å². The number of benzene rings is 1. The average Bonchev–Trinajstić information content (AvgIpc) is 2.65. The molecule has 28 heavy (non-hydrogen) atoms. The number of amides is 1. The third kappa shape index (κ3) is 3.63. The Labute approximate surface area is 167 Å². The number of Topliss-reactive ketones (excluding diaryl/α,β-unsaturated/α-hetero) is 1. The lowest BCUT2D eigenvalue weighted by Gasteiger charge is -2.59. The summed E-state index contributed by atoms with van der Waals surface area (Å²) in [5.74, 6) is 3.37. The van der Waals surface area contributed by atoms with Crippen molar-refractivity contribution < 1.29 is 19.1 Å².